The molecule has 0 fully saturated rings. The van der Waals surface area contributed by atoms with Crippen molar-refractivity contribution in [2.45, 2.75) is 0 Å². The van der Waals surface area contributed by atoms with E-state index in [4.69, 9.17) is 0 Å². The van der Waals surface area contributed by atoms with Crippen LogP contribution in [0.5, 0.6) is 0 Å². The molecule has 4 aromatic rings. The van der Waals surface area contributed by atoms with Crippen LogP contribution in [0, 0.1) is 17.5 Å². The van der Waals surface area contributed by atoms with E-state index < -0.39 is 17.5 Å². The number of nitrogens with zero attached hydrogens (tertiary/aromatic N) is 2. The van der Waals surface area contributed by atoms with Crippen LogP contribution >= 0.6 is 0 Å². The van der Waals surface area contributed by atoms with Gasteiger partial charge >= 0.3 is 0 Å². The lowest BCUT2D eigenvalue weighted by molar-refractivity contribution is -0.111. The maximum absolute atomic E-state index is 13.7. The first-order valence-corrected chi connectivity index (χ1v) is 8.59. The summed E-state index contributed by atoms with van der Waals surface area (Å²) in [5, 5.41) is 3.37. The van der Waals surface area contributed by atoms with Crippen molar-refractivity contribution in [3.63, 3.8) is 0 Å². The Balaban J connectivity index is 1.92. The zero-order chi connectivity index (χ0) is 20.7. The van der Waals surface area contributed by atoms with E-state index >= 15 is 0 Å². The van der Waals surface area contributed by atoms with E-state index in [0.717, 1.165) is 18.2 Å². The highest BCUT2D eigenvalue weighted by Crippen LogP contribution is 2.34. The van der Waals surface area contributed by atoms with Gasteiger partial charge in [-0.25, -0.2) is 18.2 Å². The van der Waals surface area contributed by atoms with Crippen molar-refractivity contribution in [3.8, 4) is 22.5 Å². The van der Waals surface area contributed by atoms with E-state index in [1.807, 2.05) is 7.05 Å². The second kappa shape index (κ2) is 6.97. The maximum atomic E-state index is 13.7. The normalized spacial score (nSPS) is 11.0. The van der Waals surface area contributed by atoms with E-state index in [9.17, 15) is 18.0 Å². The van der Waals surface area contributed by atoms with E-state index in [1.165, 1.54) is 0 Å². The fourth-order valence-electron chi connectivity index (χ4n) is 3.13. The lowest BCUT2D eigenvalue weighted by Gasteiger charge is -2.07. The number of amides is 1. The van der Waals surface area contributed by atoms with Crippen LogP contribution in [-0.4, -0.2) is 20.4 Å². The molecule has 0 atom stereocenters. The Labute approximate surface area is 163 Å². The first-order valence-electron chi connectivity index (χ1n) is 8.59. The molecule has 146 valence electrons. The highest BCUT2D eigenvalue weighted by atomic mass is 19.2. The third-order valence-corrected chi connectivity index (χ3v) is 4.46. The summed E-state index contributed by atoms with van der Waals surface area (Å²) in [6, 6.07) is 6.95. The summed E-state index contributed by atoms with van der Waals surface area (Å²) in [7, 11) is 1.82. The van der Waals surface area contributed by atoms with E-state index in [1.54, 1.807) is 35.3 Å². The van der Waals surface area contributed by atoms with Gasteiger partial charge in [-0.1, -0.05) is 6.58 Å². The monoisotopic (exact) mass is 396 g/mol. The summed E-state index contributed by atoms with van der Waals surface area (Å²) in [6.07, 6.45) is 4.58. The molecule has 5 nitrogen and oxygen atoms in total. The molecule has 0 unspecified atom stereocenters. The Morgan fingerprint density at radius 3 is 2.52 bits per heavy atom. The molecular weight excluding hydrogens is 381 g/mol. The standard InChI is InChI=1S/C21H15F3N4O/c1-3-19(29)26-13-4-12-7-17(11-5-15(22)20(24)16(23)6-11)27-21(12)14(8-13)18-9-28(2)10-25-18/h3-10,27H,1H2,2H3,(H,26,29). The molecule has 4 rings (SSSR count). The van der Waals surface area contributed by atoms with Crippen molar-refractivity contribution in [2.75, 3.05) is 5.32 Å². The third-order valence-electron chi connectivity index (χ3n) is 4.46. The Morgan fingerprint density at radius 2 is 1.90 bits per heavy atom. The summed E-state index contributed by atoms with van der Waals surface area (Å²) in [6.45, 7) is 3.43. The molecule has 0 aliphatic carbocycles. The number of nitrogens with one attached hydrogen (secondary N) is 2. The third kappa shape index (κ3) is 3.40. The van der Waals surface area contributed by atoms with Crippen molar-refractivity contribution in [2.24, 2.45) is 7.05 Å². The number of carbonyl (C=O) groups excluding carboxylic acids is 1. The maximum Gasteiger partial charge on any atom is 0.247 e. The largest absolute Gasteiger partial charge is 0.354 e. The highest BCUT2D eigenvalue weighted by molar-refractivity contribution is 6.04. The summed E-state index contributed by atoms with van der Waals surface area (Å²) in [5.74, 6) is -4.45. The van der Waals surface area contributed by atoms with Crippen LogP contribution in [0.2, 0.25) is 0 Å². The van der Waals surface area contributed by atoms with Crippen molar-refractivity contribution in [1.29, 1.82) is 0 Å². The van der Waals surface area contributed by atoms with Crippen LogP contribution in [0.1, 0.15) is 0 Å². The fourth-order valence-corrected chi connectivity index (χ4v) is 3.13. The van der Waals surface area contributed by atoms with E-state index in [2.05, 4.69) is 21.9 Å². The molecule has 2 N–H and O–H groups in total. The van der Waals surface area contributed by atoms with Gasteiger partial charge in [0.2, 0.25) is 5.91 Å². The Hall–Kier alpha value is -3.81. The molecule has 0 saturated heterocycles. The number of anilines is 1. The predicted octanol–water partition coefficient (Wildman–Crippen LogP) is 4.78. The summed E-state index contributed by atoms with van der Waals surface area (Å²) in [5.41, 5.74) is 3.02. The quantitative estimate of drug-likeness (QED) is 0.385. The van der Waals surface area contributed by atoms with Gasteiger partial charge in [-0.15, -0.1) is 0 Å². The van der Waals surface area contributed by atoms with Crippen LogP contribution in [0.3, 0.4) is 0 Å². The molecule has 0 radical (unpaired) electrons. The SMILES string of the molecule is C=CC(=O)Nc1cc(-c2cn(C)cn2)c2[nH]c(-c3cc(F)c(F)c(F)c3)cc2c1. The van der Waals surface area contributed by atoms with Gasteiger partial charge in [0, 0.05) is 41.1 Å². The first-order chi connectivity index (χ1) is 13.9. The molecule has 8 heteroatoms. The first kappa shape index (κ1) is 18.5. The van der Waals surface area contributed by atoms with Crippen LogP contribution in [0.4, 0.5) is 18.9 Å². The van der Waals surface area contributed by atoms with Gasteiger partial charge in [-0.3, -0.25) is 4.79 Å². The zero-order valence-electron chi connectivity index (χ0n) is 15.3. The number of aromatic amines is 1. The number of aryl methyl sites for hydroxylation is 1. The lowest BCUT2D eigenvalue weighted by atomic mass is 10.1. The number of halogens is 3. The van der Waals surface area contributed by atoms with Crippen LogP contribution in [-0.2, 0) is 11.8 Å². The number of fused-ring (bicyclic) bond motifs is 1. The summed E-state index contributed by atoms with van der Waals surface area (Å²) >= 11 is 0. The number of benzene rings is 2. The molecule has 0 aliphatic rings. The average Bonchev–Trinajstić information content (AvgIpc) is 3.31. The Kier molecular flexibility index (Phi) is 4.46. The molecule has 2 aromatic heterocycles. The van der Waals surface area contributed by atoms with Crippen molar-refractivity contribution < 1.29 is 18.0 Å². The van der Waals surface area contributed by atoms with Crippen LogP contribution in [0.25, 0.3) is 33.4 Å². The number of hydrogen-bond acceptors (Lipinski definition) is 2. The van der Waals surface area contributed by atoms with Gasteiger partial charge in [0.15, 0.2) is 17.5 Å². The second-order valence-corrected chi connectivity index (χ2v) is 6.54. The molecule has 2 heterocycles. The smallest absolute Gasteiger partial charge is 0.247 e. The minimum Gasteiger partial charge on any atom is -0.354 e. The number of carbonyl (C=O) groups is 1. The zero-order valence-corrected chi connectivity index (χ0v) is 15.3. The van der Waals surface area contributed by atoms with Crippen LogP contribution in [0.15, 0.2) is 55.5 Å². The number of aromatic nitrogens is 3. The number of H-pyrrole nitrogens is 1. The summed E-state index contributed by atoms with van der Waals surface area (Å²) in [4.78, 5) is 19.2. The molecule has 0 saturated carbocycles. The highest BCUT2D eigenvalue weighted by Gasteiger charge is 2.16. The second-order valence-electron chi connectivity index (χ2n) is 6.54. The van der Waals surface area contributed by atoms with Gasteiger partial charge in [0.1, 0.15) is 0 Å². The lowest BCUT2D eigenvalue weighted by Crippen LogP contribution is -2.07. The van der Waals surface area contributed by atoms with Gasteiger partial charge in [0.05, 0.1) is 17.5 Å². The number of rotatable bonds is 4. The van der Waals surface area contributed by atoms with Gasteiger partial charge in [-0.05, 0) is 36.4 Å². The minimum atomic E-state index is -1.52. The van der Waals surface area contributed by atoms with Gasteiger partial charge < -0.3 is 14.9 Å². The van der Waals surface area contributed by atoms with E-state index in [-0.39, 0.29) is 11.5 Å². The fraction of sp³-hybridized carbons (Fsp3) is 0.0476. The molecule has 1 amide bonds. The Bertz CT molecular complexity index is 1250. The molecule has 0 aliphatic heterocycles. The predicted molar refractivity (Wildman–Crippen MR) is 105 cm³/mol. The number of imidazole rings is 1. The van der Waals surface area contributed by atoms with Gasteiger partial charge in [-0.2, -0.15) is 0 Å². The van der Waals surface area contributed by atoms with Gasteiger partial charge in [0.25, 0.3) is 0 Å². The minimum absolute atomic E-state index is 0.154. The topological polar surface area (TPSA) is 62.7 Å². The molecule has 0 bridgehead atoms. The average molecular weight is 396 g/mol. The Morgan fingerprint density at radius 1 is 1.17 bits per heavy atom. The van der Waals surface area contributed by atoms with E-state index in [0.29, 0.717) is 33.5 Å². The van der Waals surface area contributed by atoms with Crippen molar-refractivity contribution in [1.82, 2.24) is 14.5 Å². The van der Waals surface area contributed by atoms with Crippen molar-refractivity contribution in [3.05, 3.63) is 73.0 Å². The molecular formula is C21H15F3N4O. The molecule has 0 spiro atoms. The summed E-state index contributed by atoms with van der Waals surface area (Å²) < 4.78 is 42.4. The van der Waals surface area contributed by atoms with Crippen LogP contribution < -0.4 is 5.32 Å². The molecule has 29 heavy (non-hydrogen) atoms. The number of hydrogen-bond donors (Lipinski definition) is 2. The molecule has 2 aromatic carbocycles. The van der Waals surface area contributed by atoms with Crippen molar-refractivity contribution >= 4 is 22.5 Å².